The van der Waals surface area contributed by atoms with Crippen molar-refractivity contribution >= 4 is 16.6 Å². The summed E-state index contributed by atoms with van der Waals surface area (Å²) in [6, 6.07) is 12.8. The molecular formula is C25H32N4O2. The number of anilines is 1. The fourth-order valence-corrected chi connectivity index (χ4v) is 4.38. The Balaban J connectivity index is 1.78. The molecule has 2 N–H and O–H groups in total. The fraction of sp³-hybridized carbons (Fsp3) is 0.440. The number of aromatic hydroxyl groups is 1. The summed E-state index contributed by atoms with van der Waals surface area (Å²) in [5.41, 5.74) is 2.38. The van der Waals surface area contributed by atoms with Crippen molar-refractivity contribution in [2.24, 2.45) is 5.92 Å². The highest BCUT2D eigenvalue weighted by Crippen LogP contribution is 2.26. The van der Waals surface area contributed by atoms with Gasteiger partial charge in [0.1, 0.15) is 11.6 Å². The average Bonchev–Trinajstić information content (AvgIpc) is 3.24. The molecule has 0 spiro atoms. The molecule has 0 saturated carbocycles. The molecule has 0 aliphatic carbocycles. The molecule has 1 aromatic heterocycles. The van der Waals surface area contributed by atoms with Gasteiger partial charge in [-0.1, -0.05) is 32.4 Å². The maximum absolute atomic E-state index is 13.6. The summed E-state index contributed by atoms with van der Waals surface area (Å²) in [5.74, 6) is 1.21. The molecule has 2 aromatic carbocycles. The number of aromatic nitrogens is 2. The number of benzene rings is 2. The molecular weight excluding hydrogens is 388 g/mol. The Morgan fingerprint density at radius 1 is 1.19 bits per heavy atom. The fourth-order valence-electron chi connectivity index (χ4n) is 4.38. The third kappa shape index (κ3) is 4.74. The van der Waals surface area contributed by atoms with E-state index in [1.807, 2.05) is 28.8 Å². The molecule has 1 aliphatic rings. The lowest BCUT2D eigenvalue weighted by atomic mass is 10.1. The molecule has 1 saturated heterocycles. The van der Waals surface area contributed by atoms with Crippen molar-refractivity contribution in [3.63, 3.8) is 0 Å². The van der Waals surface area contributed by atoms with Crippen LogP contribution in [0.5, 0.6) is 5.75 Å². The lowest BCUT2D eigenvalue weighted by Crippen LogP contribution is -2.28. The Morgan fingerprint density at radius 2 is 2.06 bits per heavy atom. The van der Waals surface area contributed by atoms with Crippen molar-refractivity contribution in [1.29, 1.82) is 0 Å². The number of nitrogens with one attached hydrogen (secondary N) is 1. The zero-order chi connectivity index (χ0) is 21.8. The Bertz CT molecular complexity index is 1110. The van der Waals surface area contributed by atoms with Gasteiger partial charge in [0.2, 0.25) is 0 Å². The van der Waals surface area contributed by atoms with Gasteiger partial charge in [0.25, 0.3) is 5.56 Å². The molecule has 2 heterocycles. The van der Waals surface area contributed by atoms with Crippen LogP contribution < -0.4 is 10.9 Å². The van der Waals surface area contributed by atoms with E-state index in [-0.39, 0.29) is 11.3 Å². The van der Waals surface area contributed by atoms with Gasteiger partial charge in [-0.2, -0.15) is 0 Å². The molecule has 1 fully saturated rings. The van der Waals surface area contributed by atoms with Crippen molar-refractivity contribution in [2.75, 3.05) is 31.5 Å². The highest BCUT2D eigenvalue weighted by Gasteiger charge is 2.24. The van der Waals surface area contributed by atoms with Crippen molar-refractivity contribution in [2.45, 2.75) is 39.7 Å². The van der Waals surface area contributed by atoms with Gasteiger partial charge in [-0.15, -0.1) is 0 Å². The van der Waals surface area contributed by atoms with Crippen molar-refractivity contribution in [1.82, 2.24) is 14.5 Å². The first-order valence-corrected chi connectivity index (χ1v) is 11.4. The quantitative estimate of drug-likeness (QED) is 0.531. The molecule has 0 amide bonds. The predicted molar refractivity (Wildman–Crippen MR) is 127 cm³/mol. The maximum Gasteiger partial charge on any atom is 0.261 e. The summed E-state index contributed by atoms with van der Waals surface area (Å²) in [7, 11) is 0. The molecule has 31 heavy (non-hydrogen) atoms. The van der Waals surface area contributed by atoms with Gasteiger partial charge in [0.15, 0.2) is 0 Å². The number of fused-ring (bicyclic) bond motifs is 1. The number of phenols is 1. The molecule has 1 aliphatic heterocycles. The minimum absolute atomic E-state index is 0.0163. The number of phenolic OH excluding ortho intramolecular Hbond substituents is 1. The molecule has 4 rings (SSSR count). The second-order valence-electron chi connectivity index (χ2n) is 8.46. The van der Waals surface area contributed by atoms with E-state index in [1.54, 1.807) is 18.2 Å². The van der Waals surface area contributed by atoms with E-state index < -0.39 is 0 Å². The summed E-state index contributed by atoms with van der Waals surface area (Å²) >= 11 is 0. The Labute approximate surface area is 183 Å². The SMILES string of the molecule is CCCCNc1ccc2nc(-c3cccc(O)c3)n(CC3CCN(CC)C3)c(=O)c2c1. The van der Waals surface area contributed by atoms with Crippen LogP contribution >= 0.6 is 0 Å². The lowest BCUT2D eigenvalue weighted by molar-refractivity contribution is 0.332. The standard InChI is InChI=1S/C25H32N4O2/c1-3-5-12-26-20-9-10-23-22(15-20)25(31)29(17-18-11-13-28(4-2)16-18)24(27-23)19-7-6-8-21(30)14-19/h6-10,14-15,18,26,30H,3-5,11-13,16-17H2,1-2H3. The number of hydrogen-bond donors (Lipinski definition) is 2. The molecule has 6 heteroatoms. The van der Waals surface area contributed by atoms with E-state index in [0.717, 1.165) is 56.7 Å². The van der Waals surface area contributed by atoms with Gasteiger partial charge < -0.3 is 15.3 Å². The Kier molecular flexibility index (Phi) is 6.56. The van der Waals surface area contributed by atoms with Crippen LogP contribution in [0.2, 0.25) is 0 Å². The third-order valence-electron chi connectivity index (χ3n) is 6.18. The predicted octanol–water partition coefficient (Wildman–Crippen LogP) is 4.32. The van der Waals surface area contributed by atoms with Crippen molar-refractivity contribution < 1.29 is 5.11 Å². The van der Waals surface area contributed by atoms with Gasteiger partial charge in [-0.3, -0.25) is 9.36 Å². The van der Waals surface area contributed by atoms with E-state index in [1.165, 1.54) is 0 Å². The summed E-state index contributed by atoms with van der Waals surface area (Å²) in [5, 5.41) is 14.1. The molecule has 1 unspecified atom stereocenters. The number of rotatable bonds is 8. The first kappa shape index (κ1) is 21.4. The van der Waals surface area contributed by atoms with E-state index in [2.05, 4.69) is 24.1 Å². The number of unbranched alkanes of at least 4 members (excludes halogenated alkanes) is 1. The van der Waals surface area contributed by atoms with Crippen LogP contribution in [0.4, 0.5) is 5.69 Å². The minimum atomic E-state index is -0.0163. The second-order valence-corrected chi connectivity index (χ2v) is 8.46. The first-order chi connectivity index (χ1) is 15.1. The van der Waals surface area contributed by atoms with Gasteiger partial charge in [0, 0.05) is 30.9 Å². The third-order valence-corrected chi connectivity index (χ3v) is 6.18. The van der Waals surface area contributed by atoms with Gasteiger partial charge >= 0.3 is 0 Å². The maximum atomic E-state index is 13.6. The van der Waals surface area contributed by atoms with Crippen molar-refractivity contribution in [3.8, 4) is 17.1 Å². The Morgan fingerprint density at radius 3 is 2.81 bits per heavy atom. The monoisotopic (exact) mass is 420 g/mol. The number of nitrogens with zero attached hydrogens (tertiary/aromatic N) is 3. The highest BCUT2D eigenvalue weighted by atomic mass is 16.3. The van der Waals surface area contributed by atoms with Crippen LogP contribution in [-0.2, 0) is 6.54 Å². The topological polar surface area (TPSA) is 70.4 Å². The zero-order valence-electron chi connectivity index (χ0n) is 18.5. The molecule has 164 valence electrons. The Hall–Kier alpha value is -2.86. The van der Waals surface area contributed by atoms with Crippen molar-refractivity contribution in [3.05, 3.63) is 52.8 Å². The summed E-state index contributed by atoms with van der Waals surface area (Å²) in [6.45, 7) is 8.97. The lowest BCUT2D eigenvalue weighted by Gasteiger charge is -2.18. The zero-order valence-corrected chi connectivity index (χ0v) is 18.5. The molecule has 1 atom stereocenters. The van der Waals surface area contributed by atoms with E-state index in [9.17, 15) is 9.90 Å². The van der Waals surface area contributed by atoms with Crippen LogP contribution in [0, 0.1) is 5.92 Å². The summed E-state index contributed by atoms with van der Waals surface area (Å²) in [4.78, 5) is 20.9. The van der Waals surface area contributed by atoms with Crippen LogP contribution in [-0.4, -0.2) is 45.7 Å². The van der Waals surface area contributed by atoms with Gasteiger partial charge in [0.05, 0.1) is 10.9 Å². The van der Waals surface area contributed by atoms with Gasteiger partial charge in [-0.25, -0.2) is 4.98 Å². The van der Waals surface area contributed by atoms with E-state index in [0.29, 0.717) is 29.2 Å². The van der Waals surface area contributed by atoms with E-state index >= 15 is 0 Å². The van der Waals surface area contributed by atoms with E-state index in [4.69, 9.17) is 4.98 Å². The largest absolute Gasteiger partial charge is 0.508 e. The molecule has 0 radical (unpaired) electrons. The smallest absolute Gasteiger partial charge is 0.261 e. The molecule has 3 aromatic rings. The minimum Gasteiger partial charge on any atom is -0.508 e. The molecule has 0 bridgehead atoms. The molecule has 6 nitrogen and oxygen atoms in total. The normalized spacial score (nSPS) is 16.8. The van der Waals surface area contributed by atoms with Crippen LogP contribution in [0.15, 0.2) is 47.3 Å². The van der Waals surface area contributed by atoms with Gasteiger partial charge in [-0.05, 0) is 62.2 Å². The summed E-state index contributed by atoms with van der Waals surface area (Å²) in [6.07, 6.45) is 3.29. The van der Waals surface area contributed by atoms with Crippen LogP contribution in [0.25, 0.3) is 22.3 Å². The van der Waals surface area contributed by atoms with Crippen LogP contribution in [0.3, 0.4) is 0 Å². The summed E-state index contributed by atoms with van der Waals surface area (Å²) < 4.78 is 1.82. The number of hydrogen-bond acceptors (Lipinski definition) is 5. The van der Waals surface area contributed by atoms with Crippen LogP contribution in [0.1, 0.15) is 33.1 Å². The highest BCUT2D eigenvalue weighted by molar-refractivity contribution is 5.83. The second kappa shape index (κ2) is 9.52. The first-order valence-electron chi connectivity index (χ1n) is 11.4. The number of likely N-dealkylation sites (tertiary alicyclic amines) is 1. The average molecular weight is 421 g/mol.